The predicted molar refractivity (Wildman–Crippen MR) is 82.5 cm³/mol. The fraction of sp³-hybridized carbons (Fsp3) is 0.389. The molecule has 0 amide bonds. The molecule has 0 spiro atoms. The van der Waals surface area contributed by atoms with Crippen molar-refractivity contribution < 1.29 is 4.79 Å². The summed E-state index contributed by atoms with van der Waals surface area (Å²) in [6.07, 6.45) is 5.22. The lowest BCUT2D eigenvalue weighted by Gasteiger charge is -2.31. The van der Waals surface area contributed by atoms with Gasteiger partial charge in [-0.2, -0.15) is 0 Å². The normalized spacial score (nSPS) is 23.6. The van der Waals surface area contributed by atoms with Gasteiger partial charge in [0.05, 0.1) is 0 Å². The molecule has 1 aromatic carbocycles. The van der Waals surface area contributed by atoms with Crippen LogP contribution in [0.5, 0.6) is 0 Å². The molecule has 2 heteroatoms. The van der Waals surface area contributed by atoms with Crippen molar-refractivity contribution in [3.05, 3.63) is 57.3 Å². The van der Waals surface area contributed by atoms with Crippen molar-refractivity contribution >= 4 is 17.1 Å². The molecular weight excluding hydrogens is 264 g/mol. The molecule has 0 bridgehead atoms. The van der Waals surface area contributed by atoms with Gasteiger partial charge in [0.25, 0.3) is 0 Å². The molecule has 0 fully saturated rings. The lowest BCUT2D eigenvalue weighted by molar-refractivity contribution is -0.121. The second kappa shape index (κ2) is 4.85. The highest BCUT2D eigenvalue weighted by Crippen LogP contribution is 2.41. The van der Waals surface area contributed by atoms with Crippen molar-refractivity contribution in [1.82, 2.24) is 0 Å². The van der Waals surface area contributed by atoms with E-state index >= 15 is 0 Å². The molecule has 0 saturated heterocycles. The zero-order valence-corrected chi connectivity index (χ0v) is 12.3. The van der Waals surface area contributed by atoms with E-state index in [1.165, 1.54) is 34.4 Å². The van der Waals surface area contributed by atoms with Gasteiger partial charge in [-0.3, -0.25) is 4.79 Å². The van der Waals surface area contributed by atoms with Crippen LogP contribution in [-0.4, -0.2) is 5.78 Å². The van der Waals surface area contributed by atoms with Crippen LogP contribution >= 0.6 is 11.3 Å². The minimum absolute atomic E-state index is 0.178. The van der Waals surface area contributed by atoms with Gasteiger partial charge in [0.2, 0.25) is 0 Å². The van der Waals surface area contributed by atoms with E-state index in [0.717, 1.165) is 19.3 Å². The lowest BCUT2D eigenvalue weighted by Crippen LogP contribution is -2.24. The van der Waals surface area contributed by atoms with Crippen molar-refractivity contribution in [2.75, 3.05) is 0 Å². The molecule has 0 aliphatic heterocycles. The average Bonchev–Trinajstić information content (AvgIpc) is 2.92. The Kier molecular flexibility index (Phi) is 2.99. The fourth-order valence-corrected chi connectivity index (χ4v) is 4.74. The molecule has 0 saturated carbocycles. The first-order chi connectivity index (χ1) is 9.83. The summed E-state index contributed by atoms with van der Waals surface area (Å²) in [6.45, 7) is 0. The van der Waals surface area contributed by atoms with Gasteiger partial charge in [-0.25, -0.2) is 0 Å². The van der Waals surface area contributed by atoms with Crippen LogP contribution in [0, 0.1) is 0 Å². The van der Waals surface area contributed by atoms with Crippen LogP contribution in [0.15, 0.2) is 35.7 Å². The number of Topliss-reactive ketones (excluding diaryl/α,β-unsaturated/α-hetero) is 1. The van der Waals surface area contributed by atoms with Crippen molar-refractivity contribution in [2.24, 2.45) is 0 Å². The van der Waals surface area contributed by atoms with E-state index in [2.05, 4.69) is 35.7 Å². The molecule has 2 aliphatic rings. The van der Waals surface area contributed by atoms with Crippen LogP contribution in [0.1, 0.15) is 52.7 Å². The Balaban J connectivity index is 1.51. The SMILES string of the molecule is O=C(CC1Cc2ccccc21)C1CCCc2sccc21. The van der Waals surface area contributed by atoms with E-state index in [0.29, 0.717) is 11.7 Å². The average molecular weight is 282 g/mol. The molecule has 0 N–H and O–H groups in total. The molecule has 2 unspecified atom stereocenters. The number of rotatable bonds is 3. The predicted octanol–water partition coefficient (Wildman–Crippen LogP) is 4.47. The van der Waals surface area contributed by atoms with E-state index in [-0.39, 0.29) is 5.92 Å². The van der Waals surface area contributed by atoms with Crippen LogP contribution in [0.25, 0.3) is 0 Å². The molecule has 2 aliphatic carbocycles. The van der Waals surface area contributed by atoms with Gasteiger partial charge in [0.15, 0.2) is 0 Å². The van der Waals surface area contributed by atoms with Crippen LogP contribution in [0.4, 0.5) is 0 Å². The zero-order valence-electron chi connectivity index (χ0n) is 11.5. The standard InChI is InChI=1S/C18H18OS/c19-17(11-13-10-12-4-1-2-5-14(12)13)15-6-3-7-18-16(15)8-9-20-18/h1-2,4-5,8-9,13,15H,3,6-7,10-11H2. The van der Waals surface area contributed by atoms with Crippen molar-refractivity contribution in [3.8, 4) is 0 Å². The quantitative estimate of drug-likeness (QED) is 0.812. The van der Waals surface area contributed by atoms with Crippen LogP contribution in [0.2, 0.25) is 0 Å². The summed E-state index contributed by atoms with van der Waals surface area (Å²) in [4.78, 5) is 14.1. The number of carbonyl (C=O) groups excluding carboxylic acids is 1. The first-order valence-corrected chi connectivity index (χ1v) is 8.37. The number of carbonyl (C=O) groups is 1. The maximum atomic E-state index is 12.7. The molecule has 1 aromatic heterocycles. The number of hydrogen-bond acceptors (Lipinski definition) is 2. The Bertz CT molecular complexity index is 655. The van der Waals surface area contributed by atoms with Crippen molar-refractivity contribution in [3.63, 3.8) is 0 Å². The van der Waals surface area contributed by atoms with Gasteiger partial charge in [-0.1, -0.05) is 24.3 Å². The number of ketones is 1. The summed E-state index contributed by atoms with van der Waals surface area (Å²) in [5.41, 5.74) is 4.17. The van der Waals surface area contributed by atoms with Gasteiger partial charge < -0.3 is 0 Å². The Morgan fingerprint density at radius 2 is 2.10 bits per heavy atom. The van der Waals surface area contributed by atoms with Gasteiger partial charge in [0, 0.05) is 17.2 Å². The second-order valence-corrected chi connectivity index (χ2v) is 7.01. The maximum absolute atomic E-state index is 12.7. The molecule has 2 aromatic rings. The van der Waals surface area contributed by atoms with Crippen LogP contribution in [-0.2, 0) is 17.6 Å². The van der Waals surface area contributed by atoms with Gasteiger partial charge in [0.1, 0.15) is 5.78 Å². The summed E-state index contributed by atoms with van der Waals surface area (Å²) in [5.74, 6) is 1.12. The largest absolute Gasteiger partial charge is 0.299 e. The first-order valence-electron chi connectivity index (χ1n) is 7.49. The number of thiophene rings is 1. The molecule has 102 valence electrons. The van der Waals surface area contributed by atoms with Crippen LogP contribution in [0.3, 0.4) is 0 Å². The summed E-state index contributed by atoms with van der Waals surface area (Å²) < 4.78 is 0. The smallest absolute Gasteiger partial charge is 0.140 e. The number of fused-ring (bicyclic) bond motifs is 2. The second-order valence-electron chi connectivity index (χ2n) is 6.01. The van der Waals surface area contributed by atoms with Gasteiger partial charge in [-0.05, 0) is 59.7 Å². The molecule has 4 rings (SSSR count). The van der Waals surface area contributed by atoms with Gasteiger partial charge >= 0.3 is 0 Å². The highest BCUT2D eigenvalue weighted by molar-refractivity contribution is 7.10. The highest BCUT2D eigenvalue weighted by atomic mass is 32.1. The van der Waals surface area contributed by atoms with E-state index < -0.39 is 0 Å². The fourth-order valence-electron chi connectivity index (χ4n) is 3.75. The Labute approximate surface area is 123 Å². The summed E-state index contributed by atoms with van der Waals surface area (Å²) in [5, 5.41) is 2.15. The van der Waals surface area contributed by atoms with E-state index in [1.807, 2.05) is 11.3 Å². The first kappa shape index (κ1) is 12.3. The summed E-state index contributed by atoms with van der Waals surface area (Å²) >= 11 is 1.82. The van der Waals surface area contributed by atoms with Gasteiger partial charge in [-0.15, -0.1) is 11.3 Å². The third kappa shape index (κ3) is 1.94. The zero-order chi connectivity index (χ0) is 13.5. The van der Waals surface area contributed by atoms with E-state index in [4.69, 9.17) is 0 Å². The molecule has 2 atom stereocenters. The highest BCUT2D eigenvalue weighted by Gasteiger charge is 2.32. The lowest BCUT2D eigenvalue weighted by atomic mass is 9.72. The Morgan fingerprint density at radius 3 is 3.00 bits per heavy atom. The Hall–Kier alpha value is -1.41. The topological polar surface area (TPSA) is 17.1 Å². The van der Waals surface area contributed by atoms with E-state index in [9.17, 15) is 4.79 Å². The maximum Gasteiger partial charge on any atom is 0.140 e. The van der Waals surface area contributed by atoms with E-state index in [1.54, 1.807) is 0 Å². The molecule has 1 heterocycles. The third-order valence-corrected chi connectivity index (χ3v) is 5.85. The Morgan fingerprint density at radius 1 is 1.20 bits per heavy atom. The monoisotopic (exact) mass is 282 g/mol. The minimum Gasteiger partial charge on any atom is -0.299 e. The molecule has 0 radical (unpaired) electrons. The summed E-state index contributed by atoms with van der Waals surface area (Å²) in [6, 6.07) is 10.7. The number of hydrogen-bond donors (Lipinski definition) is 0. The molecule has 1 nitrogen and oxygen atoms in total. The number of benzene rings is 1. The van der Waals surface area contributed by atoms with Crippen molar-refractivity contribution in [2.45, 2.75) is 43.9 Å². The third-order valence-electron chi connectivity index (χ3n) is 4.85. The van der Waals surface area contributed by atoms with Crippen LogP contribution < -0.4 is 0 Å². The molecular formula is C18H18OS. The molecule has 20 heavy (non-hydrogen) atoms. The van der Waals surface area contributed by atoms with Crippen molar-refractivity contribution in [1.29, 1.82) is 0 Å². The number of aryl methyl sites for hydroxylation is 1. The summed E-state index contributed by atoms with van der Waals surface area (Å²) in [7, 11) is 0. The minimum atomic E-state index is 0.178.